The van der Waals surface area contributed by atoms with E-state index >= 15 is 0 Å². The van der Waals surface area contributed by atoms with Crippen LogP contribution < -0.4 is 4.74 Å². The molecule has 1 heterocycles. The van der Waals surface area contributed by atoms with Crippen LogP contribution in [0.25, 0.3) is 0 Å². The molecule has 0 saturated heterocycles. The summed E-state index contributed by atoms with van der Waals surface area (Å²) >= 11 is 7.18. The Labute approximate surface area is 120 Å². The molecule has 1 aromatic carbocycles. The van der Waals surface area contributed by atoms with Crippen molar-refractivity contribution in [2.45, 2.75) is 24.6 Å². The Morgan fingerprint density at radius 1 is 1.58 bits per heavy atom. The van der Waals surface area contributed by atoms with Crippen molar-refractivity contribution in [2.24, 2.45) is 4.99 Å². The third-order valence-corrected chi connectivity index (χ3v) is 4.48. The van der Waals surface area contributed by atoms with Crippen molar-refractivity contribution in [3.8, 4) is 5.75 Å². The number of aliphatic imine (C=N–C) groups is 1. The van der Waals surface area contributed by atoms with Gasteiger partial charge in [0.2, 0.25) is 0 Å². The highest BCUT2D eigenvalue weighted by atomic mass is 35.5. The summed E-state index contributed by atoms with van der Waals surface area (Å²) in [4.78, 5) is 15.7. The lowest BCUT2D eigenvalue weighted by atomic mass is 10.1. The molecule has 0 fully saturated rings. The van der Waals surface area contributed by atoms with E-state index in [9.17, 15) is 9.90 Å². The standard InChI is InChI=1S/C13H14ClNO3S/c1-3-9-11(13(16)17)19-12(15-9)8-5-4-7(14)6-10(8)18-2/h4-6,9,11H,3H2,1-2H3,(H,16,17). The van der Waals surface area contributed by atoms with Gasteiger partial charge in [0.15, 0.2) is 0 Å². The summed E-state index contributed by atoms with van der Waals surface area (Å²) in [6, 6.07) is 5.06. The number of hydrogen-bond acceptors (Lipinski definition) is 4. The number of carboxylic acid groups (broad SMARTS) is 1. The molecular weight excluding hydrogens is 286 g/mol. The summed E-state index contributed by atoms with van der Waals surface area (Å²) in [6.45, 7) is 1.94. The number of carbonyl (C=O) groups is 1. The van der Waals surface area contributed by atoms with Crippen molar-refractivity contribution < 1.29 is 14.6 Å². The van der Waals surface area contributed by atoms with Crippen LogP contribution in [0.4, 0.5) is 0 Å². The molecule has 102 valence electrons. The van der Waals surface area contributed by atoms with E-state index in [1.54, 1.807) is 19.2 Å². The molecule has 1 aromatic rings. The number of carboxylic acids is 1. The van der Waals surface area contributed by atoms with Crippen LogP contribution in [0.3, 0.4) is 0 Å². The average Bonchev–Trinajstić information content (AvgIpc) is 2.82. The number of ether oxygens (including phenoxy) is 1. The van der Waals surface area contributed by atoms with Gasteiger partial charge in [-0.1, -0.05) is 30.3 Å². The average molecular weight is 300 g/mol. The fraction of sp³-hybridized carbons (Fsp3) is 0.385. The van der Waals surface area contributed by atoms with E-state index in [4.69, 9.17) is 16.3 Å². The Morgan fingerprint density at radius 3 is 2.84 bits per heavy atom. The van der Waals surface area contributed by atoms with E-state index < -0.39 is 11.2 Å². The first kappa shape index (κ1) is 14.2. The minimum absolute atomic E-state index is 0.196. The SMILES string of the molecule is CCC1N=C(c2ccc(Cl)cc2OC)SC1C(=O)O. The molecule has 1 aliphatic heterocycles. The number of hydrogen-bond donors (Lipinski definition) is 1. The molecule has 4 nitrogen and oxygen atoms in total. The van der Waals surface area contributed by atoms with Crippen LogP contribution in [0.1, 0.15) is 18.9 Å². The summed E-state index contributed by atoms with van der Waals surface area (Å²) < 4.78 is 5.28. The molecule has 2 atom stereocenters. The van der Waals surface area contributed by atoms with Crippen LogP contribution in [0.15, 0.2) is 23.2 Å². The fourth-order valence-corrected chi connectivity index (χ4v) is 3.35. The Balaban J connectivity index is 2.35. The van der Waals surface area contributed by atoms with E-state index in [-0.39, 0.29) is 6.04 Å². The molecule has 0 amide bonds. The van der Waals surface area contributed by atoms with E-state index in [0.717, 1.165) is 5.56 Å². The second-order valence-corrected chi connectivity index (χ2v) is 5.70. The first-order chi connectivity index (χ1) is 9.06. The van der Waals surface area contributed by atoms with Crippen LogP contribution in [-0.2, 0) is 4.79 Å². The second kappa shape index (κ2) is 5.84. The molecule has 6 heteroatoms. The lowest BCUT2D eigenvalue weighted by Crippen LogP contribution is -2.25. The van der Waals surface area contributed by atoms with Gasteiger partial charge in [-0.2, -0.15) is 0 Å². The van der Waals surface area contributed by atoms with Gasteiger partial charge in [0.25, 0.3) is 0 Å². The van der Waals surface area contributed by atoms with Gasteiger partial charge in [-0.05, 0) is 24.6 Å². The van der Waals surface area contributed by atoms with Crippen molar-refractivity contribution in [2.75, 3.05) is 7.11 Å². The van der Waals surface area contributed by atoms with Gasteiger partial charge in [-0.25, -0.2) is 0 Å². The Bertz CT molecular complexity index is 533. The third kappa shape index (κ3) is 2.87. The maximum atomic E-state index is 11.2. The maximum Gasteiger partial charge on any atom is 0.319 e. The monoisotopic (exact) mass is 299 g/mol. The van der Waals surface area contributed by atoms with Crippen LogP contribution in [0.5, 0.6) is 5.75 Å². The molecule has 2 unspecified atom stereocenters. The van der Waals surface area contributed by atoms with Gasteiger partial charge < -0.3 is 9.84 Å². The number of nitrogens with zero attached hydrogens (tertiary/aromatic N) is 1. The number of rotatable bonds is 4. The summed E-state index contributed by atoms with van der Waals surface area (Å²) in [7, 11) is 1.56. The predicted octanol–water partition coefficient (Wildman–Crippen LogP) is 3.07. The Hall–Kier alpha value is -1.20. The molecule has 0 aromatic heterocycles. The molecule has 0 aliphatic carbocycles. The molecule has 0 radical (unpaired) electrons. The number of aliphatic carboxylic acids is 1. The third-order valence-electron chi connectivity index (χ3n) is 2.93. The number of methoxy groups -OCH3 is 1. The van der Waals surface area contributed by atoms with Crippen LogP contribution in [0, 0.1) is 0 Å². The summed E-state index contributed by atoms with van der Waals surface area (Å²) in [5.41, 5.74) is 0.791. The van der Waals surface area contributed by atoms with Crippen molar-refractivity contribution in [3.63, 3.8) is 0 Å². The van der Waals surface area contributed by atoms with Crippen LogP contribution in [0.2, 0.25) is 5.02 Å². The predicted molar refractivity (Wildman–Crippen MR) is 77.6 cm³/mol. The fourth-order valence-electron chi connectivity index (χ4n) is 1.94. The lowest BCUT2D eigenvalue weighted by Gasteiger charge is -2.10. The first-order valence-electron chi connectivity index (χ1n) is 5.88. The van der Waals surface area contributed by atoms with Gasteiger partial charge in [0.05, 0.1) is 13.2 Å². The van der Waals surface area contributed by atoms with E-state index in [2.05, 4.69) is 4.99 Å². The topological polar surface area (TPSA) is 58.9 Å². The molecule has 1 N–H and O–H groups in total. The molecule has 0 bridgehead atoms. The van der Waals surface area contributed by atoms with Gasteiger partial charge in [0.1, 0.15) is 16.0 Å². The molecule has 0 spiro atoms. The quantitative estimate of drug-likeness (QED) is 0.928. The normalized spacial score (nSPS) is 22.2. The van der Waals surface area contributed by atoms with Gasteiger partial charge >= 0.3 is 5.97 Å². The second-order valence-electron chi connectivity index (χ2n) is 4.13. The smallest absolute Gasteiger partial charge is 0.319 e. The Morgan fingerprint density at radius 2 is 2.32 bits per heavy atom. The number of halogens is 1. The summed E-state index contributed by atoms with van der Waals surface area (Å²) in [5.74, 6) is -0.219. The highest BCUT2D eigenvalue weighted by molar-refractivity contribution is 8.15. The zero-order chi connectivity index (χ0) is 14.0. The minimum atomic E-state index is -0.830. The van der Waals surface area contributed by atoms with E-state index in [1.807, 2.05) is 13.0 Å². The highest BCUT2D eigenvalue weighted by Gasteiger charge is 2.35. The zero-order valence-electron chi connectivity index (χ0n) is 10.6. The Kier molecular flexibility index (Phi) is 4.37. The highest BCUT2D eigenvalue weighted by Crippen LogP contribution is 2.36. The minimum Gasteiger partial charge on any atom is -0.496 e. The van der Waals surface area contributed by atoms with E-state index in [1.165, 1.54) is 11.8 Å². The van der Waals surface area contributed by atoms with Gasteiger partial charge in [-0.15, -0.1) is 0 Å². The van der Waals surface area contributed by atoms with Crippen LogP contribution >= 0.6 is 23.4 Å². The molecule has 2 rings (SSSR count). The maximum absolute atomic E-state index is 11.2. The van der Waals surface area contributed by atoms with E-state index in [0.29, 0.717) is 22.2 Å². The van der Waals surface area contributed by atoms with Gasteiger partial charge in [0, 0.05) is 10.6 Å². The van der Waals surface area contributed by atoms with Crippen molar-refractivity contribution in [1.82, 2.24) is 0 Å². The molecule has 0 saturated carbocycles. The summed E-state index contributed by atoms with van der Waals surface area (Å²) in [6.07, 6.45) is 0.698. The number of thioether (sulfide) groups is 1. The molecule has 1 aliphatic rings. The number of benzene rings is 1. The van der Waals surface area contributed by atoms with Gasteiger partial charge in [-0.3, -0.25) is 9.79 Å². The largest absolute Gasteiger partial charge is 0.496 e. The van der Waals surface area contributed by atoms with Crippen molar-refractivity contribution in [1.29, 1.82) is 0 Å². The van der Waals surface area contributed by atoms with Crippen LogP contribution in [-0.4, -0.2) is 34.5 Å². The summed E-state index contributed by atoms with van der Waals surface area (Å²) in [5, 5.41) is 9.95. The first-order valence-corrected chi connectivity index (χ1v) is 7.13. The zero-order valence-corrected chi connectivity index (χ0v) is 12.2. The molecular formula is C13H14ClNO3S. The molecule has 19 heavy (non-hydrogen) atoms. The lowest BCUT2D eigenvalue weighted by molar-refractivity contribution is -0.136. The van der Waals surface area contributed by atoms with Crippen molar-refractivity contribution >= 4 is 34.4 Å². The van der Waals surface area contributed by atoms with Crippen molar-refractivity contribution in [3.05, 3.63) is 28.8 Å².